The largest absolute Gasteiger partial charge is 0.352 e. The summed E-state index contributed by atoms with van der Waals surface area (Å²) in [4.78, 5) is 29.4. The van der Waals surface area contributed by atoms with Crippen molar-refractivity contribution in [1.29, 1.82) is 0 Å². The van der Waals surface area contributed by atoms with Crippen LogP contribution in [0.15, 0.2) is 71.6 Å². The van der Waals surface area contributed by atoms with Crippen LogP contribution >= 0.6 is 34.8 Å². The number of carbonyl (C=O) groups is 2. The molecule has 7 nitrogen and oxygen atoms in total. The lowest BCUT2D eigenvalue weighted by molar-refractivity contribution is -0.140. The van der Waals surface area contributed by atoms with Crippen molar-refractivity contribution < 1.29 is 18.0 Å². The highest BCUT2D eigenvalue weighted by molar-refractivity contribution is 7.92. The highest BCUT2D eigenvalue weighted by Gasteiger charge is 2.35. The number of nitrogens with one attached hydrogen (secondary N) is 1. The molecule has 0 aliphatic heterocycles. The number of halogens is 3. The quantitative estimate of drug-likeness (QED) is 0.231. The molecule has 1 saturated carbocycles. The maximum absolute atomic E-state index is 14.3. The molecule has 0 unspecified atom stereocenters. The van der Waals surface area contributed by atoms with E-state index in [2.05, 4.69) is 5.32 Å². The summed E-state index contributed by atoms with van der Waals surface area (Å²) >= 11 is 19.0. The van der Waals surface area contributed by atoms with Crippen LogP contribution in [0.5, 0.6) is 0 Å². The summed E-state index contributed by atoms with van der Waals surface area (Å²) in [5.41, 5.74) is 1.61. The number of rotatable bonds is 11. The summed E-state index contributed by atoms with van der Waals surface area (Å²) in [6, 6.07) is 16.9. The Bertz CT molecular complexity index is 1520. The van der Waals surface area contributed by atoms with E-state index in [-0.39, 0.29) is 23.4 Å². The molecule has 3 aromatic rings. The zero-order chi connectivity index (χ0) is 31.1. The van der Waals surface area contributed by atoms with Crippen LogP contribution in [0.3, 0.4) is 0 Å². The lowest BCUT2D eigenvalue weighted by Gasteiger charge is -2.35. The van der Waals surface area contributed by atoms with E-state index in [1.807, 2.05) is 19.9 Å². The van der Waals surface area contributed by atoms with Crippen molar-refractivity contribution in [3.8, 4) is 0 Å². The first-order chi connectivity index (χ1) is 20.5. The highest BCUT2D eigenvalue weighted by atomic mass is 35.5. The number of sulfonamides is 1. The summed E-state index contributed by atoms with van der Waals surface area (Å²) < 4.78 is 29.1. The van der Waals surface area contributed by atoms with Crippen molar-refractivity contribution in [3.63, 3.8) is 0 Å². The van der Waals surface area contributed by atoms with Gasteiger partial charge in [0.05, 0.1) is 10.6 Å². The van der Waals surface area contributed by atoms with E-state index in [1.165, 1.54) is 29.2 Å². The topological polar surface area (TPSA) is 86.8 Å². The van der Waals surface area contributed by atoms with E-state index in [0.29, 0.717) is 32.7 Å². The van der Waals surface area contributed by atoms with Crippen LogP contribution in [-0.4, -0.2) is 43.8 Å². The molecule has 1 fully saturated rings. The Morgan fingerprint density at radius 3 is 2.16 bits per heavy atom. The molecule has 2 amide bonds. The second kappa shape index (κ2) is 14.8. The second-order valence-electron chi connectivity index (χ2n) is 10.8. The Morgan fingerprint density at radius 2 is 1.56 bits per heavy atom. The Kier molecular flexibility index (Phi) is 11.4. The maximum Gasteiger partial charge on any atom is 0.264 e. The van der Waals surface area contributed by atoms with Crippen molar-refractivity contribution in [2.75, 3.05) is 10.8 Å². The molecule has 0 spiro atoms. The van der Waals surface area contributed by atoms with E-state index >= 15 is 0 Å². The van der Waals surface area contributed by atoms with E-state index < -0.39 is 28.5 Å². The van der Waals surface area contributed by atoms with Gasteiger partial charge in [-0.15, -0.1) is 0 Å². The van der Waals surface area contributed by atoms with Gasteiger partial charge in [-0.25, -0.2) is 8.42 Å². The molecule has 230 valence electrons. The van der Waals surface area contributed by atoms with Gasteiger partial charge in [0.15, 0.2) is 0 Å². The number of anilines is 1. The average Bonchev–Trinajstić information content (AvgIpc) is 2.97. The maximum atomic E-state index is 14.3. The number of carbonyl (C=O) groups excluding carboxylic acids is 2. The van der Waals surface area contributed by atoms with Gasteiger partial charge >= 0.3 is 0 Å². The lowest BCUT2D eigenvalue weighted by Crippen LogP contribution is -2.54. The summed E-state index contributed by atoms with van der Waals surface area (Å²) in [6.45, 7) is 3.04. The van der Waals surface area contributed by atoms with E-state index in [0.717, 1.165) is 42.0 Å². The number of hydrogen-bond donors (Lipinski definition) is 1. The first-order valence-corrected chi connectivity index (χ1v) is 17.0. The van der Waals surface area contributed by atoms with Gasteiger partial charge in [0.2, 0.25) is 11.8 Å². The predicted molar refractivity (Wildman–Crippen MR) is 173 cm³/mol. The minimum Gasteiger partial charge on any atom is -0.352 e. The van der Waals surface area contributed by atoms with Gasteiger partial charge in [-0.3, -0.25) is 13.9 Å². The normalized spacial score (nSPS) is 14.6. The molecule has 3 aromatic carbocycles. The van der Waals surface area contributed by atoms with E-state index in [9.17, 15) is 18.0 Å². The smallest absolute Gasteiger partial charge is 0.264 e. The van der Waals surface area contributed by atoms with Crippen LogP contribution in [0.2, 0.25) is 15.1 Å². The Morgan fingerprint density at radius 1 is 0.930 bits per heavy atom. The van der Waals surface area contributed by atoms with Crippen LogP contribution in [-0.2, 0) is 26.2 Å². The molecule has 4 rings (SSSR count). The van der Waals surface area contributed by atoms with Gasteiger partial charge in [0, 0.05) is 33.2 Å². The molecular weight excluding hydrogens is 629 g/mol. The van der Waals surface area contributed by atoms with Crippen LogP contribution in [0.1, 0.15) is 56.6 Å². The third-order valence-electron chi connectivity index (χ3n) is 7.70. The summed E-state index contributed by atoms with van der Waals surface area (Å²) in [7, 11) is -4.21. The molecule has 1 aliphatic carbocycles. The predicted octanol–water partition coefficient (Wildman–Crippen LogP) is 7.41. The molecule has 0 heterocycles. The Hall–Kier alpha value is -2.78. The molecule has 1 N–H and O–H groups in total. The standard InChI is InChI=1S/C32H36Cl3N3O4S/c1-3-30(32(40)36-24-10-5-4-6-11-24)37(20-27-28(34)13-8-14-29(27)35)31(39)21-38(25-12-7-9-22(2)19-25)43(41,42)26-17-15-23(33)16-18-26/h7-9,12-19,24,30H,3-6,10-11,20-21H2,1-2H3,(H,36,40)/t30-/m0/s1. The number of aryl methyl sites for hydroxylation is 1. The van der Waals surface area contributed by atoms with Gasteiger partial charge in [-0.1, -0.05) is 79.2 Å². The van der Waals surface area contributed by atoms with Gasteiger partial charge in [0.25, 0.3) is 10.0 Å². The summed E-state index contributed by atoms with van der Waals surface area (Å²) in [6.07, 6.45) is 5.28. The number of benzene rings is 3. The minimum absolute atomic E-state index is 0.0195. The van der Waals surface area contributed by atoms with Crippen molar-refractivity contribution in [3.05, 3.63) is 92.9 Å². The van der Waals surface area contributed by atoms with Crippen LogP contribution < -0.4 is 9.62 Å². The van der Waals surface area contributed by atoms with Crippen molar-refractivity contribution in [2.45, 2.75) is 75.9 Å². The first-order valence-electron chi connectivity index (χ1n) is 14.4. The Labute approximate surface area is 269 Å². The molecule has 0 saturated heterocycles. The fourth-order valence-electron chi connectivity index (χ4n) is 5.36. The van der Waals surface area contributed by atoms with Crippen LogP contribution in [0, 0.1) is 6.92 Å². The van der Waals surface area contributed by atoms with Gasteiger partial charge in [-0.05, 0) is 80.3 Å². The molecule has 1 aliphatic rings. The van der Waals surface area contributed by atoms with Gasteiger partial charge < -0.3 is 10.2 Å². The van der Waals surface area contributed by atoms with Crippen molar-refractivity contribution in [1.82, 2.24) is 10.2 Å². The molecule has 0 bridgehead atoms. The van der Waals surface area contributed by atoms with Gasteiger partial charge in [-0.2, -0.15) is 0 Å². The molecule has 0 aromatic heterocycles. The monoisotopic (exact) mass is 663 g/mol. The molecule has 0 radical (unpaired) electrons. The number of hydrogen-bond acceptors (Lipinski definition) is 4. The van der Waals surface area contributed by atoms with E-state index in [1.54, 1.807) is 36.4 Å². The SMILES string of the molecule is CC[C@@H](C(=O)NC1CCCCC1)N(Cc1c(Cl)cccc1Cl)C(=O)CN(c1cccc(C)c1)S(=O)(=O)c1ccc(Cl)cc1. The number of amides is 2. The molecular formula is C32H36Cl3N3O4S. The van der Waals surface area contributed by atoms with Crippen molar-refractivity contribution >= 4 is 62.3 Å². The summed E-state index contributed by atoms with van der Waals surface area (Å²) in [5.74, 6) is -0.853. The third-order valence-corrected chi connectivity index (χ3v) is 10.4. The lowest BCUT2D eigenvalue weighted by atomic mass is 9.95. The fraction of sp³-hybridized carbons (Fsp3) is 0.375. The molecule has 11 heteroatoms. The number of nitrogens with zero attached hydrogens (tertiary/aromatic N) is 2. The van der Waals surface area contributed by atoms with E-state index in [4.69, 9.17) is 34.8 Å². The van der Waals surface area contributed by atoms with Crippen molar-refractivity contribution in [2.24, 2.45) is 0 Å². The molecule has 1 atom stereocenters. The minimum atomic E-state index is -4.21. The fourth-order valence-corrected chi connectivity index (χ4v) is 7.41. The molecule has 43 heavy (non-hydrogen) atoms. The van der Waals surface area contributed by atoms with Crippen LogP contribution in [0.4, 0.5) is 5.69 Å². The van der Waals surface area contributed by atoms with Crippen LogP contribution in [0.25, 0.3) is 0 Å². The zero-order valence-corrected chi connectivity index (χ0v) is 27.3. The second-order valence-corrected chi connectivity index (χ2v) is 13.9. The average molecular weight is 665 g/mol. The summed E-state index contributed by atoms with van der Waals surface area (Å²) in [5, 5.41) is 4.20. The Balaban J connectivity index is 1.74. The van der Waals surface area contributed by atoms with Gasteiger partial charge in [0.1, 0.15) is 12.6 Å². The zero-order valence-electron chi connectivity index (χ0n) is 24.2. The first kappa shape index (κ1) is 33.1. The third kappa shape index (κ3) is 8.24. The highest BCUT2D eigenvalue weighted by Crippen LogP contribution is 2.29.